The molecule has 0 rings (SSSR count). The molecule has 0 spiro atoms. The first-order valence-electron chi connectivity index (χ1n) is 8.29. The summed E-state index contributed by atoms with van der Waals surface area (Å²) in [6, 6.07) is 0. The quantitative estimate of drug-likeness (QED) is 0.410. The Bertz CT molecular complexity index is 472. The molecule has 148 valence electrons. The van der Waals surface area contributed by atoms with Crippen LogP contribution in [0.25, 0.3) is 0 Å². The number of hydrogen-bond acceptors (Lipinski definition) is 4. The number of alkyl halides is 4. The van der Waals surface area contributed by atoms with E-state index in [1.807, 2.05) is 0 Å². The van der Waals surface area contributed by atoms with Crippen LogP contribution < -0.4 is 0 Å². The van der Waals surface area contributed by atoms with Crippen LogP contribution in [-0.4, -0.2) is 36.0 Å². The Hall–Kier alpha value is -1.34. The number of carbonyl (C=O) groups excluding carboxylic acids is 2. The van der Waals surface area contributed by atoms with Crippen molar-refractivity contribution in [3.8, 4) is 0 Å². The van der Waals surface area contributed by atoms with Gasteiger partial charge in [0.2, 0.25) is 5.60 Å². The molecule has 0 aromatic carbocycles. The fourth-order valence-electron chi connectivity index (χ4n) is 1.83. The van der Waals surface area contributed by atoms with Gasteiger partial charge in [-0.1, -0.05) is 6.92 Å². The maximum Gasteiger partial charge on any atom is 0.350 e. The number of esters is 2. The van der Waals surface area contributed by atoms with Crippen molar-refractivity contribution < 1.29 is 36.6 Å². The molecule has 4 nitrogen and oxygen atoms in total. The standard InChI is InChI=1S/C17H28F4O4/c1-7-14(3,4)12(22)25-15(5,13(23)24-8-2)10-9-11-17(20,21)16(6,18)19/h7-11H2,1-6H3. The number of rotatable bonds is 10. The highest BCUT2D eigenvalue weighted by Gasteiger charge is 2.52. The van der Waals surface area contributed by atoms with Crippen molar-refractivity contribution in [2.24, 2.45) is 5.41 Å². The zero-order valence-electron chi connectivity index (χ0n) is 15.7. The van der Waals surface area contributed by atoms with Crippen molar-refractivity contribution in [3.63, 3.8) is 0 Å². The lowest BCUT2D eigenvalue weighted by atomic mass is 9.89. The Morgan fingerprint density at radius 2 is 1.40 bits per heavy atom. The molecular formula is C17H28F4O4. The number of ether oxygens (including phenoxy) is 2. The van der Waals surface area contributed by atoms with E-state index in [9.17, 15) is 27.2 Å². The first kappa shape index (κ1) is 23.7. The monoisotopic (exact) mass is 372 g/mol. The summed E-state index contributed by atoms with van der Waals surface area (Å²) in [6.45, 7) is 7.93. The molecule has 25 heavy (non-hydrogen) atoms. The molecule has 0 saturated carbocycles. The molecule has 8 heteroatoms. The van der Waals surface area contributed by atoms with Gasteiger partial charge in [0.1, 0.15) is 0 Å². The Labute approximate surface area is 146 Å². The fourth-order valence-corrected chi connectivity index (χ4v) is 1.83. The zero-order valence-corrected chi connectivity index (χ0v) is 15.7. The van der Waals surface area contributed by atoms with Crippen molar-refractivity contribution in [1.82, 2.24) is 0 Å². The highest BCUT2D eigenvalue weighted by Crippen LogP contribution is 2.39. The van der Waals surface area contributed by atoms with Crippen molar-refractivity contribution in [1.29, 1.82) is 0 Å². The maximum atomic E-state index is 13.4. The average Bonchev–Trinajstić information content (AvgIpc) is 2.45. The van der Waals surface area contributed by atoms with Crippen molar-refractivity contribution in [3.05, 3.63) is 0 Å². The summed E-state index contributed by atoms with van der Waals surface area (Å²) in [6.07, 6.45) is -1.49. The molecule has 0 aromatic rings. The van der Waals surface area contributed by atoms with Crippen LogP contribution in [0.1, 0.15) is 67.2 Å². The minimum atomic E-state index is -4.21. The van der Waals surface area contributed by atoms with Crippen molar-refractivity contribution in [2.75, 3.05) is 6.61 Å². The van der Waals surface area contributed by atoms with Crippen LogP contribution in [0.4, 0.5) is 17.6 Å². The van der Waals surface area contributed by atoms with Gasteiger partial charge in [-0.05, 0) is 47.0 Å². The normalized spacial score (nSPS) is 15.4. The molecule has 0 aliphatic rings. The highest BCUT2D eigenvalue weighted by molar-refractivity contribution is 5.84. The SMILES string of the molecule is CCOC(=O)C(C)(CCCC(F)(F)C(C)(F)F)OC(=O)C(C)(C)CC. The Balaban J connectivity index is 5.19. The van der Waals surface area contributed by atoms with Gasteiger partial charge in [-0.3, -0.25) is 4.79 Å². The highest BCUT2D eigenvalue weighted by atomic mass is 19.3. The zero-order chi connectivity index (χ0) is 20.1. The molecule has 1 atom stereocenters. The lowest BCUT2D eigenvalue weighted by molar-refractivity contribution is -0.204. The summed E-state index contributed by atoms with van der Waals surface area (Å²) in [5.74, 6) is -9.95. The van der Waals surface area contributed by atoms with Crippen LogP contribution >= 0.6 is 0 Å². The largest absolute Gasteiger partial charge is 0.463 e. The van der Waals surface area contributed by atoms with E-state index in [-0.39, 0.29) is 20.0 Å². The lowest BCUT2D eigenvalue weighted by Gasteiger charge is -2.32. The van der Waals surface area contributed by atoms with Crippen molar-refractivity contribution in [2.45, 2.75) is 84.7 Å². The molecule has 0 saturated heterocycles. The third-order valence-corrected chi connectivity index (χ3v) is 4.25. The fraction of sp³-hybridized carbons (Fsp3) is 0.882. The molecule has 0 N–H and O–H groups in total. The molecule has 0 fully saturated rings. The first-order valence-corrected chi connectivity index (χ1v) is 8.29. The van der Waals surface area contributed by atoms with Crippen LogP contribution in [0, 0.1) is 5.41 Å². The number of hydrogen-bond donors (Lipinski definition) is 0. The molecule has 0 amide bonds. The number of carbonyl (C=O) groups is 2. The molecule has 0 aromatic heterocycles. The van der Waals surface area contributed by atoms with Crippen LogP contribution in [0.5, 0.6) is 0 Å². The molecule has 0 radical (unpaired) electrons. The lowest BCUT2D eigenvalue weighted by Crippen LogP contribution is -2.45. The van der Waals surface area contributed by atoms with Gasteiger partial charge in [0.15, 0.2) is 0 Å². The van der Waals surface area contributed by atoms with Gasteiger partial charge < -0.3 is 9.47 Å². The van der Waals surface area contributed by atoms with Gasteiger partial charge >= 0.3 is 23.8 Å². The van der Waals surface area contributed by atoms with Gasteiger partial charge in [-0.25, -0.2) is 13.6 Å². The summed E-state index contributed by atoms with van der Waals surface area (Å²) >= 11 is 0. The van der Waals surface area contributed by atoms with Gasteiger partial charge in [0.05, 0.1) is 12.0 Å². The summed E-state index contributed by atoms with van der Waals surface area (Å²) in [4.78, 5) is 24.4. The van der Waals surface area contributed by atoms with E-state index in [1.165, 1.54) is 6.92 Å². The van der Waals surface area contributed by atoms with E-state index in [2.05, 4.69) is 0 Å². The van der Waals surface area contributed by atoms with Crippen LogP contribution in [-0.2, 0) is 19.1 Å². The topological polar surface area (TPSA) is 52.6 Å². The van der Waals surface area contributed by atoms with Gasteiger partial charge in [-0.15, -0.1) is 0 Å². The minimum absolute atomic E-state index is 0.00628. The van der Waals surface area contributed by atoms with Crippen molar-refractivity contribution >= 4 is 11.9 Å². The third-order valence-electron chi connectivity index (χ3n) is 4.25. The Morgan fingerprint density at radius 1 is 0.880 bits per heavy atom. The van der Waals surface area contributed by atoms with Crippen LogP contribution in [0.15, 0.2) is 0 Å². The van der Waals surface area contributed by atoms with E-state index in [1.54, 1.807) is 27.7 Å². The van der Waals surface area contributed by atoms with Gasteiger partial charge in [0.25, 0.3) is 0 Å². The first-order chi connectivity index (χ1) is 11.1. The molecular weight excluding hydrogens is 344 g/mol. The third kappa shape index (κ3) is 6.47. The maximum absolute atomic E-state index is 13.4. The molecule has 0 heterocycles. The van der Waals surface area contributed by atoms with Crippen LogP contribution in [0.3, 0.4) is 0 Å². The molecule has 0 aliphatic heterocycles. The van der Waals surface area contributed by atoms with E-state index < -0.39 is 47.6 Å². The predicted molar refractivity (Wildman–Crippen MR) is 84.6 cm³/mol. The molecule has 1 unspecified atom stereocenters. The molecule has 0 aliphatic carbocycles. The summed E-state index contributed by atoms with van der Waals surface area (Å²) in [5, 5.41) is 0. The number of halogens is 4. The summed E-state index contributed by atoms with van der Waals surface area (Å²) < 4.78 is 62.7. The second-order valence-corrected chi connectivity index (χ2v) is 7.02. The van der Waals surface area contributed by atoms with Crippen LogP contribution in [0.2, 0.25) is 0 Å². The van der Waals surface area contributed by atoms with E-state index >= 15 is 0 Å². The Morgan fingerprint density at radius 3 is 1.80 bits per heavy atom. The van der Waals surface area contributed by atoms with E-state index in [4.69, 9.17) is 9.47 Å². The smallest absolute Gasteiger partial charge is 0.350 e. The predicted octanol–water partition coefficient (Wildman–Crippen LogP) is 4.75. The van der Waals surface area contributed by atoms with E-state index in [0.717, 1.165) is 0 Å². The molecule has 0 bridgehead atoms. The second kappa shape index (κ2) is 8.36. The van der Waals surface area contributed by atoms with Gasteiger partial charge in [0, 0.05) is 13.3 Å². The van der Waals surface area contributed by atoms with E-state index in [0.29, 0.717) is 6.42 Å². The summed E-state index contributed by atoms with van der Waals surface area (Å²) in [5.41, 5.74) is -2.69. The summed E-state index contributed by atoms with van der Waals surface area (Å²) in [7, 11) is 0. The Kier molecular flexibility index (Phi) is 7.91. The minimum Gasteiger partial charge on any atom is -0.463 e. The average molecular weight is 372 g/mol. The second-order valence-electron chi connectivity index (χ2n) is 7.02. The van der Waals surface area contributed by atoms with Gasteiger partial charge in [-0.2, -0.15) is 8.78 Å².